The van der Waals surface area contributed by atoms with E-state index < -0.39 is 0 Å². The number of ether oxygens (including phenoxy) is 2. The Hall–Kier alpha value is -1.99. The van der Waals surface area contributed by atoms with Gasteiger partial charge in [-0.25, -0.2) is 9.97 Å². The molecule has 3 rings (SSSR count). The van der Waals surface area contributed by atoms with Crippen LogP contribution in [0.15, 0.2) is 34.4 Å². The van der Waals surface area contributed by atoms with E-state index in [9.17, 15) is 0 Å². The second kappa shape index (κ2) is 5.79. The number of nitrogens with one attached hydrogen (secondary N) is 1. The molecule has 21 heavy (non-hydrogen) atoms. The van der Waals surface area contributed by atoms with Crippen molar-refractivity contribution < 1.29 is 9.47 Å². The van der Waals surface area contributed by atoms with Gasteiger partial charge in [0, 0.05) is 0 Å². The van der Waals surface area contributed by atoms with E-state index in [1.807, 2.05) is 18.2 Å². The number of methoxy groups -OCH3 is 2. The molecule has 2 aromatic heterocycles. The molecule has 1 N–H and O–H groups in total. The van der Waals surface area contributed by atoms with Crippen LogP contribution in [0.5, 0.6) is 11.5 Å². The number of H-pyrrole nitrogens is 1. The molecule has 0 bridgehead atoms. The minimum Gasteiger partial charge on any atom is -0.497 e. The number of halogens is 1. The molecule has 0 amide bonds. The smallest absolute Gasteiger partial charge is 0.225 e. The minimum absolute atomic E-state index is 0.152. The summed E-state index contributed by atoms with van der Waals surface area (Å²) in [7, 11) is 3.23. The molecule has 0 atom stereocenters. The summed E-state index contributed by atoms with van der Waals surface area (Å²) in [6, 6.07) is 5.55. The van der Waals surface area contributed by atoms with Crippen molar-refractivity contribution >= 4 is 34.5 Å². The van der Waals surface area contributed by atoms with E-state index in [0.717, 1.165) is 21.9 Å². The number of hydrogen-bond donors (Lipinski definition) is 1. The maximum atomic E-state index is 5.93. The monoisotopic (exact) mass is 322 g/mol. The zero-order valence-corrected chi connectivity index (χ0v) is 12.8. The van der Waals surface area contributed by atoms with Crippen molar-refractivity contribution in [1.82, 2.24) is 19.9 Å². The summed E-state index contributed by atoms with van der Waals surface area (Å²) >= 11 is 7.34. The second-order valence-corrected chi connectivity index (χ2v) is 5.39. The molecule has 0 saturated carbocycles. The number of fused-ring (bicyclic) bond motifs is 1. The summed E-state index contributed by atoms with van der Waals surface area (Å²) in [6.45, 7) is 0. The molecular formula is C13H11ClN4O2S. The molecule has 0 fully saturated rings. The molecule has 3 aromatic rings. The standard InChI is InChI=1S/C13H11ClN4O2S/c1-19-7-3-4-8(20-2)9(5-7)21-12-10-11(16-6-15-10)17-13(14)18-12/h3-6H,1-2H3,(H,15,16,17,18). The summed E-state index contributed by atoms with van der Waals surface area (Å²) in [5, 5.41) is 0.827. The van der Waals surface area contributed by atoms with Gasteiger partial charge in [-0.15, -0.1) is 0 Å². The van der Waals surface area contributed by atoms with Crippen molar-refractivity contribution in [2.45, 2.75) is 9.92 Å². The fraction of sp³-hybridized carbons (Fsp3) is 0.154. The summed E-state index contributed by atoms with van der Waals surface area (Å²) in [5.41, 5.74) is 1.26. The van der Waals surface area contributed by atoms with Crippen molar-refractivity contribution in [2.75, 3.05) is 14.2 Å². The quantitative estimate of drug-likeness (QED) is 0.587. The van der Waals surface area contributed by atoms with Gasteiger partial charge in [-0.3, -0.25) is 0 Å². The molecule has 0 spiro atoms. The molecule has 0 unspecified atom stereocenters. The van der Waals surface area contributed by atoms with E-state index >= 15 is 0 Å². The molecule has 0 aliphatic rings. The number of imidazole rings is 1. The van der Waals surface area contributed by atoms with Crippen LogP contribution < -0.4 is 9.47 Å². The third kappa shape index (κ3) is 2.74. The van der Waals surface area contributed by atoms with Gasteiger partial charge < -0.3 is 14.5 Å². The second-order valence-electron chi connectivity index (χ2n) is 4.02. The Balaban J connectivity index is 2.07. The predicted octanol–water partition coefficient (Wildman–Crippen LogP) is 3.17. The maximum Gasteiger partial charge on any atom is 0.225 e. The molecule has 2 heterocycles. The maximum absolute atomic E-state index is 5.93. The number of aromatic nitrogens is 4. The third-order valence-electron chi connectivity index (χ3n) is 2.80. The van der Waals surface area contributed by atoms with Crippen molar-refractivity contribution in [2.24, 2.45) is 0 Å². The van der Waals surface area contributed by atoms with Gasteiger partial charge in [0.2, 0.25) is 5.28 Å². The highest BCUT2D eigenvalue weighted by molar-refractivity contribution is 7.99. The Morgan fingerprint density at radius 3 is 2.81 bits per heavy atom. The van der Waals surface area contributed by atoms with Gasteiger partial charge in [-0.1, -0.05) is 11.8 Å². The van der Waals surface area contributed by atoms with Gasteiger partial charge in [0.25, 0.3) is 0 Å². The van der Waals surface area contributed by atoms with Gasteiger partial charge in [0.05, 0.1) is 25.4 Å². The number of aromatic amines is 1. The van der Waals surface area contributed by atoms with Crippen LogP contribution in [0, 0.1) is 0 Å². The molecule has 0 radical (unpaired) electrons. The van der Waals surface area contributed by atoms with Crippen LogP contribution in [0.4, 0.5) is 0 Å². The first-order chi connectivity index (χ1) is 10.2. The first-order valence-electron chi connectivity index (χ1n) is 5.97. The van der Waals surface area contributed by atoms with Gasteiger partial charge in [-0.05, 0) is 29.8 Å². The van der Waals surface area contributed by atoms with E-state index in [1.165, 1.54) is 11.8 Å². The Kier molecular flexibility index (Phi) is 3.85. The number of benzene rings is 1. The van der Waals surface area contributed by atoms with E-state index in [4.69, 9.17) is 21.1 Å². The van der Waals surface area contributed by atoms with Gasteiger partial charge in [0.1, 0.15) is 22.0 Å². The van der Waals surface area contributed by atoms with E-state index in [0.29, 0.717) is 10.7 Å². The van der Waals surface area contributed by atoms with Crippen LogP contribution in [-0.4, -0.2) is 34.2 Å². The fourth-order valence-electron chi connectivity index (χ4n) is 1.82. The van der Waals surface area contributed by atoms with Crippen molar-refractivity contribution in [3.8, 4) is 11.5 Å². The molecule has 6 nitrogen and oxygen atoms in total. The van der Waals surface area contributed by atoms with Crippen LogP contribution in [-0.2, 0) is 0 Å². The van der Waals surface area contributed by atoms with Gasteiger partial charge >= 0.3 is 0 Å². The summed E-state index contributed by atoms with van der Waals surface area (Å²) < 4.78 is 10.6. The highest BCUT2D eigenvalue weighted by atomic mass is 35.5. The Morgan fingerprint density at radius 1 is 1.19 bits per heavy atom. The van der Waals surface area contributed by atoms with Crippen molar-refractivity contribution in [1.29, 1.82) is 0 Å². The number of rotatable bonds is 4. The first-order valence-corrected chi connectivity index (χ1v) is 7.17. The van der Waals surface area contributed by atoms with Crippen LogP contribution in [0.1, 0.15) is 0 Å². The molecular weight excluding hydrogens is 312 g/mol. The lowest BCUT2D eigenvalue weighted by Crippen LogP contribution is -1.92. The minimum atomic E-state index is 0.152. The largest absolute Gasteiger partial charge is 0.497 e. The van der Waals surface area contributed by atoms with E-state index in [1.54, 1.807) is 20.5 Å². The lowest BCUT2D eigenvalue weighted by molar-refractivity contribution is 0.394. The summed E-state index contributed by atoms with van der Waals surface area (Å²) in [4.78, 5) is 16.3. The Labute approximate surface area is 129 Å². The SMILES string of the molecule is COc1ccc(OC)c(Sc2nc(Cl)nc3nc[nH]c23)c1. The molecule has 0 aliphatic heterocycles. The van der Waals surface area contributed by atoms with Gasteiger partial charge in [-0.2, -0.15) is 4.98 Å². The Bertz CT molecular complexity index is 793. The molecule has 0 aliphatic carbocycles. The van der Waals surface area contributed by atoms with Crippen molar-refractivity contribution in [3.63, 3.8) is 0 Å². The number of nitrogens with zero attached hydrogens (tertiary/aromatic N) is 3. The van der Waals surface area contributed by atoms with Crippen LogP contribution in [0.25, 0.3) is 11.2 Å². The average molecular weight is 323 g/mol. The van der Waals surface area contributed by atoms with Crippen molar-refractivity contribution in [3.05, 3.63) is 29.8 Å². The summed E-state index contributed by atoms with van der Waals surface area (Å²) in [6.07, 6.45) is 1.56. The lowest BCUT2D eigenvalue weighted by atomic mass is 10.3. The zero-order valence-electron chi connectivity index (χ0n) is 11.3. The van der Waals surface area contributed by atoms with Crippen LogP contribution in [0.3, 0.4) is 0 Å². The lowest BCUT2D eigenvalue weighted by Gasteiger charge is -2.10. The normalized spacial score (nSPS) is 10.8. The average Bonchev–Trinajstić information content (AvgIpc) is 2.95. The highest BCUT2D eigenvalue weighted by Gasteiger charge is 2.14. The molecule has 108 valence electrons. The molecule has 0 saturated heterocycles. The molecule has 1 aromatic carbocycles. The Morgan fingerprint density at radius 2 is 2.05 bits per heavy atom. The summed E-state index contributed by atoms with van der Waals surface area (Å²) in [5.74, 6) is 1.46. The molecule has 8 heteroatoms. The van der Waals surface area contributed by atoms with E-state index in [-0.39, 0.29) is 5.28 Å². The zero-order chi connectivity index (χ0) is 14.8. The predicted molar refractivity (Wildman–Crippen MR) is 80.4 cm³/mol. The fourth-order valence-corrected chi connectivity index (χ4v) is 3.06. The highest BCUT2D eigenvalue weighted by Crippen LogP contribution is 2.38. The van der Waals surface area contributed by atoms with Gasteiger partial charge in [0.15, 0.2) is 5.65 Å². The van der Waals surface area contributed by atoms with Crippen LogP contribution in [0.2, 0.25) is 5.28 Å². The third-order valence-corrected chi connectivity index (χ3v) is 4.00. The van der Waals surface area contributed by atoms with Crippen LogP contribution >= 0.6 is 23.4 Å². The topological polar surface area (TPSA) is 72.9 Å². The first kappa shape index (κ1) is 14.0. The number of hydrogen-bond acceptors (Lipinski definition) is 6. The van der Waals surface area contributed by atoms with E-state index in [2.05, 4.69) is 19.9 Å².